The summed E-state index contributed by atoms with van der Waals surface area (Å²) in [7, 11) is 0. The Kier molecular flexibility index (Phi) is 5.91. The first-order valence-electron chi connectivity index (χ1n) is 19.0. The number of benzene rings is 8. The molecule has 8 aromatic carbocycles. The van der Waals surface area contributed by atoms with E-state index in [9.17, 15) is 0 Å². The largest absolute Gasteiger partial charge is 0.296 e. The molecule has 232 valence electrons. The van der Waals surface area contributed by atoms with Crippen LogP contribution in [0.4, 0.5) is 0 Å². The van der Waals surface area contributed by atoms with Gasteiger partial charge in [-0.05, 0) is 96.4 Å². The van der Waals surface area contributed by atoms with Crippen LogP contribution in [0.2, 0.25) is 0 Å². The molecule has 0 amide bonds. The highest BCUT2D eigenvalue weighted by molar-refractivity contribution is 6.21. The van der Waals surface area contributed by atoms with Crippen LogP contribution in [0.1, 0.15) is 19.5 Å². The summed E-state index contributed by atoms with van der Waals surface area (Å²) in [6.07, 6.45) is -2.68. The number of aryl methyl sites for hydroxylation is 1. The van der Waals surface area contributed by atoms with E-state index in [4.69, 9.17) is 6.85 Å². The molecule has 2 nitrogen and oxygen atoms in total. The van der Waals surface area contributed by atoms with Gasteiger partial charge in [-0.25, -0.2) is 4.98 Å². The first-order chi connectivity index (χ1) is 26.2. The highest BCUT2D eigenvalue weighted by Crippen LogP contribution is 2.44. The molecular formula is C47H34N2. The minimum Gasteiger partial charge on any atom is -0.296 e. The Morgan fingerprint density at radius 2 is 0.980 bits per heavy atom. The molecule has 0 spiro atoms. The van der Waals surface area contributed by atoms with E-state index in [-0.39, 0.29) is 5.82 Å². The molecule has 9 aromatic rings. The number of imidazole rings is 1. The van der Waals surface area contributed by atoms with Crippen molar-refractivity contribution in [3.05, 3.63) is 182 Å². The van der Waals surface area contributed by atoms with Crippen molar-refractivity contribution in [2.24, 2.45) is 0 Å². The molecule has 49 heavy (non-hydrogen) atoms. The van der Waals surface area contributed by atoms with Crippen LogP contribution in [0.5, 0.6) is 0 Å². The number of hydrogen-bond donors (Lipinski definition) is 0. The molecule has 0 aliphatic heterocycles. The van der Waals surface area contributed by atoms with Gasteiger partial charge in [0.25, 0.3) is 0 Å². The van der Waals surface area contributed by atoms with Crippen LogP contribution in [-0.2, 0) is 6.37 Å². The lowest BCUT2D eigenvalue weighted by atomic mass is 9.85. The van der Waals surface area contributed by atoms with E-state index in [0.29, 0.717) is 16.7 Å². The standard InChI is InChI=1S/C47H34N2/c1-2-45-48-43-24-10-11-25-44(43)49(45)38-19-13-17-36(31-38)35-16-12-18-37(30-35)47-41-22-8-6-20-39(41)46(40-21-7-9-23-42(40)47)34-28-26-33(27-29-34)32-14-4-3-5-15-32/h3-31H,2H2,1H3/i1D3,2D2. The molecule has 2 heteroatoms. The second-order valence-corrected chi connectivity index (χ2v) is 12.3. The average molecular weight is 632 g/mol. The van der Waals surface area contributed by atoms with Crippen LogP contribution in [0.25, 0.3) is 82.8 Å². The molecule has 0 N–H and O–H groups in total. The maximum absolute atomic E-state index is 8.65. The predicted molar refractivity (Wildman–Crippen MR) is 207 cm³/mol. The summed E-state index contributed by atoms with van der Waals surface area (Å²) in [5, 5.41) is 4.67. The molecule has 0 atom stereocenters. The smallest absolute Gasteiger partial charge is 0.114 e. The van der Waals surface area contributed by atoms with Crippen LogP contribution >= 0.6 is 0 Å². The van der Waals surface area contributed by atoms with Gasteiger partial charge in [-0.3, -0.25) is 4.57 Å². The van der Waals surface area contributed by atoms with Gasteiger partial charge in [0.2, 0.25) is 0 Å². The van der Waals surface area contributed by atoms with Gasteiger partial charge in [-0.15, -0.1) is 0 Å². The zero-order chi connectivity index (χ0) is 37.0. The number of aromatic nitrogens is 2. The van der Waals surface area contributed by atoms with Crippen LogP contribution < -0.4 is 0 Å². The van der Waals surface area contributed by atoms with Crippen molar-refractivity contribution in [1.82, 2.24) is 9.55 Å². The highest BCUT2D eigenvalue weighted by atomic mass is 15.1. The topological polar surface area (TPSA) is 17.8 Å². The molecule has 0 bridgehead atoms. The third-order valence-corrected chi connectivity index (χ3v) is 9.47. The summed E-state index contributed by atoms with van der Waals surface area (Å²) in [6, 6.07) is 60.1. The third kappa shape index (κ3) is 5.01. The van der Waals surface area contributed by atoms with E-state index in [1.54, 1.807) is 10.6 Å². The number of para-hydroxylation sites is 2. The van der Waals surface area contributed by atoms with E-state index in [1.165, 1.54) is 27.5 Å². The van der Waals surface area contributed by atoms with Gasteiger partial charge >= 0.3 is 0 Å². The first-order valence-corrected chi connectivity index (χ1v) is 16.5. The summed E-state index contributed by atoms with van der Waals surface area (Å²) in [4.78, 5) is 4.52. The lowest BCUT2D eigenvalue weighted by molar-refractivity contribution is 0.908. The Hall–Kier alpha value is -6.25. The Labute approximate surface area is 293 Å². The highest BCUT2D eigenvalue weighted by Gasteiger charge is 2.17. The van der Waals surface area contributed by atoms with Gasteiger partial charge in [0.1, 0.15) is 5.82 Å². The summed E-state index contributed by atoms with van der Waals surface area (Å²) >= 11 is 0. The van der Waals surface area contributed by atoms with Crippen molar-refractivity contribution < 1.29 is 6.85 Å². The molecule has 0 aliphatic rings. The van der Waals surface area contributed by atoms with Gasteiger partial charge in [-0.1, -0.05) is 152 Å². The summed E-state index contributed by atoms with van der Waals surface area (Å²) in [5.41, 5.74) is 10.6. The van der Waals surface area contributed by atoms with Crippen LogP contribution in [0, 0.1) is 0 Å². The molecular weight excluding hydrogens is 593 g/mol. The Bertz CT molecular complexity index is 2780. The fraction of sp³-hybridized carbons (Fsp3) is 0.0426. The number of fused-ring (bicyclic) bond motifs is 3. The Morgan fingerprint density at radius 1 is 0.469 bits per heavy atom. The SMILES string of the molecule is [2H]C([2H])([2H])C([2H])([2H])c1nc2ccccc2n1-c1cccc(-c2cccc(-c3c4ccccc4c(-c4ccc(-c5ccccc5)cc4)c4ccccc34)c2)c1. The van der Waals surface area contributed by atoms with Gasteiger partial charge in [0.15, 0.2) is 0 Å². The molecule has 1 aromatic heterocycles. The zero-order valence-corrected chi connectivity index (χ0v) is 26.6. The van der Waals surface area contributed by atoms with Crippen molar-refractivity contribution in [2.45, 2.75) is 13.2 Å². The molecule has 0 unspecified atom stereocenters. The van der Waals surface area contributed by atoms with Crippen LogP contribution in [0.15, 0.2) is 176 Å². The molecule has 0 radical (unpaired) electrons. The van der Waals surface area contributed by atoms with Crippen molar-refractivity contribution in [1.29, 1.82) is 0 Å². The third-order valence-electron chi connectivity index (χ3n) is 9.47. The predicted octanol–water partition coefficient (Wildman–Crippen LogP) is 12.6. The van der Waals surface area contributed by atoms with Gasteiger partial charge in [-0.2, -0.15) is 0 Å². The Morgan fingerprint density at radius 3 is 1.67 bits per heavy atom. The fourth-order valence-electron chi connectivity index (χ4n) is 7.26. The van der Waals surface area contributed by atoms with E-state index in [2.05, 4.69) is 126 Å². The van der Waals surface area contributed by atoms with E-state index in [1.807, 2.05) is 48.5 Å². The number of nitrogens with zero attached hydrogens (tertiary/aromatic N) is 2. The second-order valence-electron chi connectivity index (χ2n) is 12.3. The summed E-state index contributed by atoms with van der Waals surface area (Å²) in [6.45, 7) is -2.91. The van der Waals surface area contributed by atoms with Gasteiger partial charge in [0.05, 0.1) is 11.0 Å². The normalized spacial score (nSPS) is 13.5. The molecule has 0 saturated heterocycles. The zero-order valence-electron chi connectivity index (χ0n) is 31.6. The number of hydrogen-bond acceptors (Lipinski definition) is 1. The van der Waals surface area contributed by atoms with Crippen LogP contribution in [-0.4, -0.2) is 9.55 Å². The molecule has 0 saturated carbocycles. The summed E-state index contributed by atoms with van der Waals surface area (Å²) in [5.74, 6) is -0.151. The number of rotatable bonds is 6. The molecule has 1 heterocycles. The van der Waals surface area contributed by atoms with Crippen molar-refractivity contribution in [3.63, 3.8) is 0 Å². The van der Waals surface area contributed by atoms with Crippen molar-refractivity contribution >= 4 is 32.6 Å². The maximum atomic E-state index is 8.65. The first kappa shape index (κ1) is 24.0. The fourth-order valence-corrected chi connectivity index (χ4v) is 7.26. The maximum Gasteiger partial charge on any atom is 0.114 e. The van der Waals surface area contributed by atoms with Crippen molar-refractivity contribution in [3.8, 4) is 50.2 Å². The Balaban J connectivity index is 1.19. The van der Waals surface area contributed by atoms with Gasteiger partial charge < -0.3 is 0 Å². The lowest BCUT2D eigenvalue weighted by Crippen LogP contribution is -2.00. The second kappa shape index (κ2) is 12.1. The molecule has 0 aliphatic carbocycles. The van der Waals surface area contributed by atoms with E-state index >= 15 is 0 Å². The van der Waals surface area contributed by atoms with E-state index in [0.717, 1.165) is 38.6 Å². The minimum atomic E-state index is -2.91. The van der Waals surface area contributed by atoms with Gasteiger partial charge in [0, 0.05) is 18.9 Å². The monoisotopic (exact) mass is 631 g/mol. The van der Waals surface area contributed by atoms with Crippen LogP contribution in [0.3, 0.4) is 0 Å². The average Bonchev–Trinajstić information content (AvgIpc) is 3.61. The summed E-state index contributed by atoms with van der Waals surface area (Å²) < 4.78 is 43.0. The quantitative estimate of drug-likeness (QED) is 0.167. The molecule has 0 fully saturated rings. The molecule has 9 rings (SSSR count). The van der Waals surface area contributed by atoms with E-state index < -0.39 is 13.2 Å². The lowest BCUT2D eigenvalue weighted by Gasteiger charge is -2.18. The minimum absolute atomic E-state index is 0.151. The van der Waals surface area contributed by atoms with Crippen molar-refractivity contribution in [2.75, 3.05) is 0 Å².